The number of carboxylic acid groups (broad SMARTS) is 1. The van der Waals surface area contributed by atoms with Crippen LogP contribution in [0, 0.1) is 6.92 Å². The molecule has 5 nitrogen and oxygen atoms in total. The summed E-state index contributed by atoms with van der Waals surface area (Å²) < 4.78 is 6.75. The van der Waals surface area contributed by atoms with Gasteiger partial charge in [-0.05, 0) is 13.0 Å². The highest BCUT2D eigenvalue weighted by Crippen LogP contribution is 2.16. The van der Waals surface area contributed by atoms with E-state index in [9.17, 15) is 4.79 Å². The van der Waals surface area contributed by atoms with E-state index in [2.05, 4.69) is 4.98 Å². The molecular weight excluding hydrogens is 232 g/mol. The molecule has 0 atom stereocenters. The minimum Gasteiger partial charge on any atom is -0.477 e. The summed E-state index contributed by atoms with van der Waals surface area (Å²) in [5.41, 5.74) is 0.112. The van der Waals surface area contributed by atoms with Gasteiger partial charge in [0, 0.05) is 6.20 Å². The van der Waals surface area contributed by atoms with E-state index in [0.717, 1.165) is 0 Å². The van der Waals surface area contributed by atoms with E-state index < -0.39 is 5.97 Å². The highest BCUT2D eigenvalue weighted by Gasteiger charge is 2.13. The molecule has 16 heavy (non-hydrogen) atoms. The molecule has 0 bridgehead atoms. The summed E-state index contributed by atoms with van der Waals surface area (Å²) in [7, 11) is 0. The van der Waals surface area contributed by atoms with Crippen molar-refractivity contribution in [1.82, 2.24) is 9.55 Å². The molecule has 84 valence electrons. The van der Waals surface area contributed by atoms with Gasteiger partial charge in [0.25, 0.3) is 0 Å². The van der Waals surface area contributed by atoms with E-state index in [0.29, 0.717) is 16.7 Å². The number of nitrogens with zero attached hydrogens (tertiary/aromatic N) is 2. The Kier molecular flexibility index (Phi) is 2.70. The summed E-state index contributed by atoms with van der Waals surface area (Å²) in [4.78, 5) is 14.9. The molecule has 0 aliphatic rings. The standard InChI is InChI=1S/C10H9ClN2O3/c1-6-3-12-9(16-6)5-13-4-7(11)2-8(13)10(14)15/h2-4H,5H2,1H3,(H,14,15). The molecule has 0 saturated heterocycles. The van der Waals surface area contributed by atoms with Crippen molar-refractivity contribution >= 4 is 17.6 Å². The maximum absolute atomic E-state index is 10.9. The van der Waals surface area contributed by atoms with Gasteiger partial charge < -0.3 is 14.1 Å². The average Bonchev–Trinajstić information content (AvgIpc) is 2.74. The third-order valence-corrected chi connectivity index (χ3v) is 2.26. The van der Waals surface area contributed by atoms with Crippen LogP contribution in [0.4, 0.5) is 0 Å². The maximum Gasteiger partial charge on any atom is 0.352 e. The number of carbonyl (C=O) groups is 1. The number of halogens is 1. The minimum absolute atomic E-state index is 0.112. The van der Waals surface area contributed by atoms with Crippen LogP contribution in [0.1, 0.15) is 22.1 Å². The molecule has 0 amide bonds. The quantitative estimate of drug-likeness (QED) is 0.893. The van der Waals surface area contributed by atoms with Crippen molar-refractivity contribution in [3.05, 3.63) is 40.8 Å². The number of oxazole rings is 1. The fourth-order valence-electron chi connectivity index (χ4n) is 1.40. The van der Waals surface area contributed by atoms with Crippen LogP contribution in [-0.2, 0) is 6.54 Å². The Morgan fingerprint density at radius 2 is 2.44 bits per heavy atom. The van der Waals surface area contributed by atoms with Crippen LogP contribution in [0.3, 0.4) is 0 Å². The second-order valence-electron chi connectivity index (χ2n) is 3.34. The van der Waals surface area contributed by atoms with Crippen molar-refractivity contribution in [2.24, 2.45) is 0 Å². The number of aryl methyl sites for hydroxylation is 1. The SMILES string of the molecule is Cc1cnc(Cn2cc(Cl)cc2C(=O)O)o1. The Bertz CT molecular complexity index is 530. The number of carboxylic acids is 1. The third kappa shape index (κ3) is 2.09. The summed E-state index contributed by atoms with van der Waals surface area (Å²) in [5.74, 6) is 0.104. The average molecular weight is 241 g/mol. The van der Waals surface area contributed by atoms with Crippen LogP contribution in [0.25, 0.3) is 0 Å². The van der Waals surface area contributed by atoms with Crippen LogP contribution in [-0.4, -0.2) is 20.6 Å². The molecule has 0 unspecified atom stereocenters. The monoisotopic (exact) mass is 240 g/mol. The molecular formula is C10H9ClN2O3. The van der Waals surface area contributed by atoms with E-state index >= 15 is 0 Å². The smallest absolute Gasteiger partial charge is 0.352 e. The first-order valence-corrected chi connectivity index (χ1v) is 4.94. The van der Waals surface area contributed by atoms with Crippen LogP contribution < -0.4 is 0 Å². The lowest BCUT2D eigenvalue weighted by molar-refractivity contribution is 0.0685. The van der Waals surface area contributed by atoms with Crippen molar-refractivity contribution in [1.29, 1.82) is 0 Å². The summed E-state index contributed by atoms with van der Waals surface area (Å²) in [6.07, 6.45) is 3.12. The second-order valence-corrected chi connectivity index (χ2v) is 3.78. The van der Waals surface area contributed by atoms with Gasteiger partial charge >= 0.3 is 5.97 Å². The topological polar surface area (TPSA) is 68.3 Å². The zero-order valence-corrected chi connectivity index (χ0v) is 9.23. The first-order valence-electron chi connectivity index (χ1n) is 4.56. The molecule has 6 heteroatoms. The molecule has 0 saturated carbocycles. The van der Waals surface area contributed by atoms with E-state index in [1.165, 1.54) is 16.8 Å². The van der Waals surface area contributed by atoms with Gasteiger partial charge in [-0.25, -0.2) is 9.78 Å². The first-order chi connectivity index (χ1) is 7.56. The van der Waals surface area contributed by atoms with Crippen LogP contribution in [0.2, 0.25) is 5.02 Å². The van der Waals surface area contributed by atoms with Crippen molar-refractivity contribution in [2.45, 2.75) is 13.5 Å². The number of hydrogen-bond acceptors (Lipinski definition) is 3. The number of rotatable bonds is 3. The molecule has 2 aromatic rings. The zero-order chi connectivity index (χ0) is 11.7. The Labute approximate surface area is 96.3 Å². The van der Waals surface area contributed by atoms with Crippen molar-refractivity contribution in [3.63, 3.8) is 0 Å². The van der Waals surface area contributed by atoms with Crippen molar-refractivity contribution in [3.8, 4) is 0 Å². The van der Waals surface area contributed by atoms with E-state index in [-0.39, 0.29) is 12.2 Å². The molecule has 2 rings (SSSR count). The van der Waals surface area contributed by atoms with Crippen LogP contribution >= 0.6 is 11.6 Å². The lowest BCUT2D eigenvalue weighted by atomic mass is 10.4. The Morgan fingerprint density at radius 1 is 1.69 bits per heavy atom. The van der Waals surface area contributed by atoms with Crippen molar-refractivity contribution in [2.75, 3.05) is 0 Å². The van der Waals surface area contributed by atoms with Gasteiger partial charge in [-0.15, -0.1) is 0 Å². The fourth-order valence-corrected chi connectivity index (χ4v) is 1.63. The highest BCUT2D eigenvalue weighted by molar-refractivity contribution is 6.30. The lowest BCUT2D eigenvalue weighted by Crippen LogP contribution is -2.08. The summed E-state index contributed by atoms with van der Waals surface area (Å²) in [6.45, 7) is 2.03. The molecule has 0 spiro atoms. The van der Waals surface area contributed by atoms with Crippen molar-refractivity contribution < 1.29 is 14.3 Å². The second kappa shape index (κ2) is 4.02. The molecule has 0 aliphatic carbocycles. The molecule has 1 N–H and O–H groups in total. The molecule has 0 aromatic carbocycles. The summed E-state index contributed by atoms with van der Waals surface area (Å²) in [6, 6.07) is 1.39. The summed E-state index contributed by atoms with van der Waals surface area (Å²) in [5, 5.41) is 9.31. The molecule has 2 heterocycles. The van der Waals surface area contributed by atoms with Gasteiger partial charge in [0.1, 0.15) is 11.5 Å². The molecule has 0 radical (unpaired) electrons. The van der Waals surface area contributed by atoms with Crippen LogP contribution in [0.15, 0.2) is 22.9 Å². The van der Waals surface area contributed by atoms with Gasteiger partial charge in [0.15, 0.2) is 0 Å². The van der Waals surface area contributed by atoms with Gasteiger partial charge in [0.2, 0.25) is 5.89 Å². The van der Waals surface area contributed by atoms with E-state index in [1.807, 2.05) is 0 Å². The largest absolute Gasteiger partial charge is 0.477 e. The number of aromatic nitrogens is 2. The molecule has 0 fully saturated rings. The number of hydrogen-bond donors (Lipinski definition) is 1. The predicted molar refractivity (Wildman–Crippen MR) is 56.7 cm³/mol. The molecule has 2 aromatic heterocycles. The Hall–Kier alpha value is -1.75. The fraction of sp³-hybridized carbons (Fsp3) is 0.200. The third-order valence-electron chi connectivity index (χ3n) is 2.06. The first kappa shape index (κ1) is 10.8. The Morgan fingerprint density at radius 3 is 3.00 bits per heavy atom. The van der Waals surface area contributed by atoms with Gasteiger partial charge in [-0.1, -0.05) is 11.6 Å². The predicted octanol–water partition coefficient (Wildman–Crippen LogP) is 2.18. The normalized spacial score (nSPS) is 10.6. The lowest BCUT2D eigenvalue weighted by Gasteiger charge is -2.01. The highest BCUT2D eigenvalue weighted by atomic mass is 35.5. The van der Waals surface area contributed by atoms with E-state index in [4.69, 9.17) is 21.1 Å². The minimum atomic E-state index is -1.03. The molecule has 0 aliphatic heterocycles. The summed E-state index contributed by atoms with van der Waals surface area (Å²) >= 11 is 5.75. The zero-order valence-electron chi connectivity index (χ0n) is 8.48. The van der Waals surface area contributed by atoms with Crippen LogP contribution in [0.5, 0.6) is 0 Å². The Balaban J connectivity index is 2.30. The van der Waals surface area contributed by atoms with Gasteiger partial charge in [-0.2, -0.15) is 0 Å². The number of aromatic carboxylic acids is 1. The maximum atomic E-state index is 10.9. The van der Waals surface area contributed by atoms with E-state index in [1.54, 1.807) is 13.1 Å². The van der Waals surface area contributed by atoms with Gasteiger partial charge in [0.05, 0.1) is 17.8 Å². The van der Waals surface area contributed by atoms with Gasteiger partial charge in [-0.3, -0.25) is 0 Å².